The van der Waals surface area contributed by atoms with Crippen LogP contribution in [0.2, 0.25) is 0 Å². The molecule has 0 amide bonds. The maximum atomic E-state index is 4.29. The Morgan fingerprint density at radius 1 is 1.33 bits per heavy atom. The molecule has 0 aromatic carbocycles. The van der Waals surface area contributed by atoms with Crippen LogP contribution in [0.5, 0.6) is 0 Å². The van der Waals surface area contributed by atoms with Crippen molar-refractivity contribution < 1.29 is 0 Å². The van der Waals surface area contributed by atoms with Crippen molar-refractivity contribution in [3.63, 3.8) is 0 Å². The fourth-order valence-corrected chi connectivity index (χ4v) is 4.02. The summed E-state index contributed by atoms with van der Waals surface area (Å²) in [5.74, 6) is 0. The SMILES string of the molecule is CCNC(CCc1ccnn1C)C1(N(C)C)CCCCC1. The summed E-state index contributed by atoms with van der Waals surface area (Å²) in [7, 11) is 6.57. The molecule has 1 saturated carbocycles. The van der Waals surface area contributed by atoms with Crippen molar-refractivity contribution in [2.75, 3.05) is 20.6 Å². The van der Waals surface area contributed by atoms with Gasteiger partial charge in [-0.3, -0.25) is 4.68 Å². The van der Waals surface area contributed by atoms with Gasteiger partial charge in [-0.25, -0.2) is 0 Å². The highest BCUT2D eigenvalue weighted by molar-refractivity contribution is 5.05. The lowest BCUT2D eigenvalue weighted by atomic mass is 9.73. The topological polar surface area (TPSA) is 33.1 Å². The Labute approximate surface area is 129 Å². The van der Waals surface area contributed by atoms with Crippen molar-refractivity contribution in [2.45, 2.75) is 63.5 Å². The van der Waals surface area contributed by atoms with Gasteiger partial charge >= 0.3 is 0 Å². The highest BCUT2D eigenvalue weighted by atomic mass is 15.3. The summed E-state index contributed by atoms with van der Waals surface area (Å²) >= 11 is 0. The highest BCUT2D eigenvalue weighted by Crippen LogP contribution is 2.36. The van der Waals surface area contributed by atoms with E-state index in [1.54, 1.807) is 0 Å². The van der Waals surface area contributed by atoms with Gasteiger partial charge in [0.2, 0.25) is 0 Å². The van der Waals surface area contributed by atoms with Crippen molar-refractivity contribution in [1.29, 1.82) is 0 Å². The highest BCUT2D eigenvalue weighted by Gasteiger charge is 2.40. The van der Waals surface area contributed by atoms with E-state index >= 15 is 0 Å². The summed E-state index contributed by atoms with van der Waals surface area (Å²) in [6, 6.07) is 2.71. The molecule has 1 atom stereocenters. The average molecular weight is 292 g/mol. The van der Waals surface area contributed by atoms with E-state index in [4.69, 9.17) is 0 Å². The van der Waals surface area contributed by atoms with Crippen LogP contribution in [-0.4, -0.2) is 46.9 Å². The first kappa shape index (κ1) is 16.5. The maximum Gasteiger partial charge on any atom is 0.0492 e. The molecule has 4 nitrogen and oxygen atoms in total. The van der Waals surface area contributed by atoms with E-state index in [1.165, 1.54) is 44.2 Å². The van der Waals surface area contributed by atoms with Crippen molar-refractivity contribution >= 4 is 0 Å². The standard InChI is InChI=1S/C17H32N4/c1-5-18-16(10-9-15-11-14-19-21(15)4)17(20(2)3)12-7-6-8-13-17/h11,14,16,18H,5-10,12-13H2,1-4H3. The Bertz CT molecular complexity index is 418. The van der Waals surface area contributed by atoms with E-state index in [2.05, 4.69) is 42.4 Å². The van der Waals surface area contributed by atoms with Gasteiger partial charge < -0.3 is 10.2 Å². The van der Waals surface area contributed by atoms with Crippen molar-refractivity contribution in [3.05, 3.63) is 18.0 Å². The van der Waals surface area contributed by atoms with Gasteiger partial charge in [0.15, 0.2) is 0 Å². The summed E-state index contributed by atoms with van der Waals surface area (Å²) in [4.78, 5) is 2.49. The lowest BCUT2D eigenvalue weighted by Gasteiger charge is -2.49. The lowest BCUT2D eigenvalue weighted by Crippen LogP contribution is -2.60. The van der Waals surface area contributed by atoms with Crippen LogP contribution >= 0.6 is 0 Å². The molecule has 0 radical (unpaired) electrons. The van der Waals surface area contributed by atoms with E-state index in [9.17, 15) is 0 Å². The smallest absolute Gasteiger partial charge is 0.0492 e. The van der Waals surface area contributed by atoms with Crippen LogP contribution in [-0.2, 0) is 13.5 Å². The normalized spacial score (nSPS) is 19.9. The number of nitrogens with zero attached hydrogens (tertiary/aromatic N) is 3. The van der Waals surface area contributed by atoms with E-state index < -0.39 is 0 Å². The molecule has 1 N–H and O–H groups in total. The Balaban J connectivity index is 2.10. The molecule has 1 aliphatic carbocycles. The predicted molar refractivity (Wildman–Crippen MR) is 88.5 cm³/mol. The number of nitrogens with one attached hydrogen (secondary N) is 1. The molecule has 1 aromatic heterocycles. The Morgan fingerprint density at radius 3 is 2.57 bits per heavy atom. The van der Waals surface area contributed by atoms with Gasteiger partial charge in [0, 0.05) is 30.5 Å². The molecule has 0 spiro atoms. The van der Waals surface area contributed by atoms with Crippen LogP contribution in [0.3, 0.4) is 0 Å². The molecule has 1 unspecified atom stereocenters. The van der Waals surface area contributed by atoms with Crippen LogP contribution in [0.4, 0.5) is 0 Å². The fourth-order valence-electron chi connectivity index (χ4n) is 4.02. The third kappa shape index (κ3) is 3.67. The second kappa shape index (κ2) is 7.41. The molecular weight excluding hydrogens is 260 g/mol. The molecule has 1 heterocycles. The third-order valence-corrected chi connectivity index (χ3v) is 5.32. The average Bonchev–Trinajstić information content (AvgIpc) is 2.89. The minimum Gasteiger partial charge on any atom is -0.312 e. The number of likely N-dealkylation sites (N-methyl/N-ethyl adjacent to an activating group) is 2. The number of rotatable bonds is 7. The fraction of sp³-hybridized carbons (Fsp3) is 0.824. The molecule has 1 fully saturated rings. The van der Waals surface area contributed by atoms with Gasteiger partial charge in [-0.2, -0.15) is 5.10 Å². The van der Waals surface area contributed by atoms with E-state index in [1.807, 2.05) is 17.9 Å². The minimum atomic E-state index is 0.326. The van der Waals surface area contributed by atoms with Gasteiger partial charge in [-0.05, 0) is 52.4 Å². The van der Waals surface area contributed by atoms with Gasteiger partial charge in [-0.1, -0.05) is 26.2 Å². The first-order chi connectivity index (χ1) is 10.1. The maximum absolute atomic E-state index is 4.29. The first-order valence-corrected chi connectivity index (χ1v) is 8.48. The number of aromatic nitrogens is 2. The van der Waals surface area contributed by atoms with Crippen molar-refractivity contribution in [2.24, 2.45) is 7.05 Å². The van der Waals surface area contributed by atoms with Crippen LogP contribution < -0.4 is 5.32 Å². The molecule has 1 aromatic rings. The predicted octanol–water partition coefficient (Wildman–Crippen LogP) is 2.60. The Kier molecular flexibility index (Phi) is 5.82. The summed E-state index contributed by atoms with van der Waals surface area (Å²) in [5, 5.41) is 8.08. The molecule has 1 aliphatic rings. The molecule has 4 heteroatoms. The lowest BCUT2D eigenvalue weighted by molar-refractivity contribution is 0.0540. The number of aryl methyl sites for hydroxylation is 2. The number of hydrogen-bond acceptors (Lipinski definition) is 3. The second-order valence-corrected chi connectivity index (χ2v) is 6.65. The van der Waals surface area contributed by atoms with Crippen LogP contribution in [0, 0.1) is 0 Å². The van der Waals surface area contributed by atoms with Gasteiger partial charge in [-0.15, -0.1) is 0 Å². The van der Waals surface area contributed by atoms with Crippen molar-refractivity contribution in [1.82, 2.24) is 20.0 Å². The summed E-state index contributed by atoms with van der Waals surface area (Å²) in [6.45, 7) is 3.27. The molecule has 2 rings (SSSR count). The third-order valence-electron chi connectivity index (χ3n) is 5.32. The molecule has 0 saturated heterocycles. The van der Waals surface area contributed by atoms with E-state index in [-0.39, 0.29) is 0 Å². The minimum absolute atomic E-state index is 0.326. The quantitative estimate of drug-likeness (QED) is 0.838. The van der Waals surface area contributed by atoms with Crippen LogP contribution in [0.15, 0.2) is 12.3 Å². The molecule has 0 aliphatic heterocycles. The first-order valence-electron chi connectivity index (χ1n) is 8.48. The number of hydrogen-bond donors (Lipinski definition) is 1. The van der Waals surface area contributed by atoms with Gasteiger partial charge in [0.1, 0.15) is 0 Å². The largest absolute Gasteiger partial charge is 0.312 e. The van der Waals surface area contributed by atoms with E-state index in [0.29, 0.717) is 11.6 Å². The zero-order chi connectivity index (χ0) is 15.3. The molecule has 120 valence electrons. The van der Waals surface area contributed by atoms with Gasteiger partial charge in [0.05, 0.1) is 0 Å². The van der Waals surface area contributed by atoms with Crippen LogP contribution in [0.1, 0.15) is 51.1 Å². The van der Waals surface area contributed by atoms with Crippen molar-refractivity contribution in [3.8, 4) is 0 Å². The Hall–Kier alpha value is -0.870. The van der Waals surface area contributed by atoms with E-state index in [0.717, 1.165) is 13.0 Å². The second-order valence-electron chi connectivity index (χ2n) is 6.65. The monoisotopic (exact) mass is 292 g/mol. The molecule has 0 bridgehead atoms. The zero-order valence-electron chi connectivity index (χ0n) is 14.2. The summed E-state index contributed by atoms with van der Waals surface area (Å²) < 4.78 is 2.01. The molecular formula is C17H32N4. The van der Waals surface area contributed by atoms with Crippen LogP contribution in [0.25, 0.3) is 0 Å². The summed E-state index contributed by atoms with van der Waals surface area (Å²) in [6.07, 6.45) is 11.0. The molecule has 21 heavy (non-hydrogen) atoms. The Morgan fingerprint density at radius 2 is 2.05 bits per heavy atom. The van der Waals surface area contributed by atoms with Gasteiger partial charge in [0.25, 0.3) is 0 Å². The zero-order valence-corrected chi connectivity index (χ0v) is 14.2. The summed E-state index contributed by atoms with van der Waals surface area (Å²) in [5.41, 5.74) is 1.66.